The highest BCUT2D eigenvalue weighted by Gasteiger charge is 2.54. The number of carbonyl (C=O) groups is 1. The van der Waals surface area contributed by atoms with Gasteiger partial charge in [-0.05, 0) is 50.0 Å². The molecule has 0 bridgehead atoms. The van der Waals surface area contributed by atoms with Crippen LogP contribution < -0.4 is 4.74 Å². The highest BCUT2D eigenvalue weighted by Crippen LogP contribution is 2.56. The number of hydrogen-bond acceptors (Lipinski definition) is 4. The maximum atomic E-state index is 11.2. The Bertz CT molecular complexity index is 655. The lowest BCUT2D eigenvalue weighted by atomic mass is 9.63. The van der Waals surface area contributed by atoms with Gasteiger partial charge in [0.1, 0.15) is 11.4 Å². The van der Waals surface area contributed by atoms with Crippen molar-refractivity contribution >= 4 is 6.16 Å². The summed E-state index contributed by atoms with van der Waals surface area (Å²) >= 11 is 0. The van der Waals surface area contributed by atoms with E-state index in [0.29, 0.717) is 11.8 Å². The molecule has 1 aliphatic heterocycles. The number of ether oxygens (including phenoxy) is 3. The van der Waals surface area contributed by atoms with Crippen LogP contribution in [-0.4, -0.2) is 17.7 Å². The van der Waals surface area contributed by atoms with Crippen molar-refractivity contribution in [2.75, 3.05) is 0 Å². The third kappa shape index (κ3) is 3.42. The van der Waals surface area contributed by atoms with Crippen LogP contribution in [0.15, 0.2) is 18.2 Å². The van der Waals surface area contributed by atoms with Gasteiger partial charge in [-0.25, -0.2) is 4.79 Å². The Hall–Kier alpha value is -1.75. The summed E-state index contributed by atoms with van der Waals surface area (Å²) in [5.74, 6) is 1.50. The Morgan fingerprint density at radius 3 is 2.19 bits per heavy atom. The van der Waals surface area contributed by atoms with E-state index in [2.05, 4.69) is 12.1 Å². The zero-order chi connectivity index (χ0) is 18.9. The van der Waals surface area contributed by atoms with Crippen molar-refractivity contribution in [3.05, 3.63) is 29.3 Å². The molecule has 1 atom stereocenters. The van der Waals surface area contributed by atoms with Gasteiger partial charge in [0.2, 0.25) is 0 Å². The van der Waals surface area contributed by atoms with E-state index >= 15 is 0 Å². The van der Waals surface area contributed by atoms with Gasteiger partial charge in [-0.15, -0.1) is 0 Å². The zero-order valence-corrected chi connectivity index (χ0v) is 16.1. The van der Waals surface area contributed by atoms with E-state index in [0.717, 1.165) is 42.6 Å². The maximum Gasteiger partial charge on any atom is 0.510 e. The molecule has 2 fully saturated rings. The molecular formula is C22H30O5. The Balaban J connectivity index is 1.83. The average molecular weight is 374 g/mol. The van der Waals surface area contributed by atoms with Crippen LogP contribution >= 0.6 is 0 Å². The molecule has 5 heteroatoms. The molecule has 1 aromatic carbocycles. The van der Waals surface area contributed by atoms with E-state index in [1.54, 1.807) is 0 Å². The number of aryl methyl sites for hydroxylation is 1. The van der Waals surface area contributed by atoms with Crippen molar-refractivity contribution in [2.45, 2.75) is 83.2 Å². The van der Waals surface area contributed by atoms with E-state index in [9.17, 15) is 9.90 Å². The normalized spacial score (nSPS) is 26.0. The highest BCUT2D eigenvalue weighted by molar-refractivity contribution is 5.57. The second kappa shape index (κ2) is 7.70. The van der Waals surface area contributed by atoms with Gasteiger partial charge in [-0.2, -0.15) is 0 Å². The molecule has 0 spiro atoms. The monoisotopic (exact) mass is 374 g/mol. The summed E-state index contributed by atoms with van der Waals surface area (Å²) in [6.07, 6.45) is 10.4. The van der Waals surface area contributed by atoms with Crippen LogP contribution in [0.3, 0.4) is 0 Å². The number of fused-ring (bicyclic) bond motifs is 1. The molecule has 0 saturated heterocycles. The van der Waals surface area contributed by atoms with Crippen molar-refractivity contribution in [3.8, 4) is 5.75 Å². The summed E-state index contributed by atoms with van der Waals surface area (Å²) in [5.41, 5.74) is 1.60. The Morgan fingerprint density at radius 2 is 1.63 bits per heavy atom. The Morgan fingerprint density at radius 1 is 1.04 bits per heavy atom. The molecule has 4 rings (SSSR count). The standard InChI is InChI=1S/C22H30O5/c1-15-9-8-14-18-19(15)25-21(26-20(23)24)27-22(18,16-10-4-2-5-11-16)17-12-6-3-7-13-17/h8-9,14,16-17,21H,2-7,10-13H2,1H3,(H,23,24). The maximum absolute atomic E-state index is 11.2. The van der Waals surface area contributed by atoms with E-state index in [-0.39, 0.29) is 0 Å². The first-order valence-corrected chi connectivity index (χ1v) is 10.5. The van der Waals surface area contributed by atoms with Gasteiger partial charge in [0.05, 0.1) is 0 Å². The van der Waals surface area contributed by atoms with Crippen LogP contribution in [0.5, 0.6) is 5.75 Å². The van der Waals surface area contributed by atoms with Crippen molar-refractivity contribution in [1.29, 1.82) is 0 Å². The van der Waals surface area contributed by atoms with Crippen LogP contribution in [0.1, 0.15) is 75.3 Å². The molecule has 148 valence electrons. The van der Waals surface area contributed by atoms with Crippen LogP contribution in [0.25, 0.3) is 0 Å². The predicted molar refractivity (Wildman–Crippen MR) is 101 cm³/mol. The molecule has 1 unspecified atom stereocenters. The smallest absolute Gasteiger partial charge is 0.450 e. The quantitative estimate of drug-likeness (QED) is 0.684. The number of benzene rings is 1. The number of para-hydroxylation sites is 1. The molecule has 1 N–H and O–H groups in total. The van der Waals surface area contributed by atoms with Crippen LogP contribution in [0, 0.1) is 18.8 Å². The van der Waals surface area contributed by atoms with Gasteiger partial charge in [0, 0.05) is 5.56 Å². The lowest BCUT2D eigenvalue weighted by molar-refractivity contribution is -0.324. The Labute approximate surface area is 161 Å². The second-order valence-corrected chi connectivity index (χ2v) is 8.32. The fourth-order valence-electron chi connectivity index (χ4n) is 5.62. The van der Waals surface area contributed by atoms with E-state index in [4.69, 9.17) is 14.2 Å². The summed E-state index contributed by atoms with van der Waals surface area (Å²) < 4.78 is 17.4. The van der Waals surface area contributed by atoms with E-state index in [1.165, 1.54) is 38.5 Å². The minimum Gasteiger partial charge on any atom is -0.450 e. The number of carboxylic acid groups (broad SMARTS) is 1. The molecule has 1 aromatic rings. The molecule has 0 aromatic heterocycles. The number of rotatable bonds is 3. The minimum absolute atomic E-state index is 0.374. The SMILES string of the molecule is Cc1cccc2c1OC(OC(=O)O)OC2(C1CCCCC1)C1CCCCC1. The lowest BCUT2D eigenvalue weighted by Crippen LogP contribution is -2.53. The topological polar surface area (TPSA) is 65.0 Å². The Kier molecular flexibility index (Phi) is 5.31. The third-order valence-electron chi connectivity index (χ3n) is 6.76. The van der Waals surface area contributed by atoms with Crippen LogP contribution in [-0.2, 0) is 15.1 Å². The molecule has 27 heavy (non-hydrogen) atoms. The van der Waals surface area contributed by atoms with Crippen molar-refractivity contribution in [3.63, 3.8) is 0 Å². The first kappa shape index (κ1) is 18.6. The first-order valence-electron chi connectivity index (χ1n) is 10.5. The largest absolute Gasteiger partial charge is 0.510 e. The van der Waals surface area contributed by atoms with Gasteiger partial charge in [-0.3, -0.25) is 4.74 Å². The second-order valence-electron chi connectivity index (χ2n) is 8.32. The fourth-order valence-corrected chi connectivity index (χ4v) is 5.62. The highest BCUT2D eigenvalue weighted by atomic mass is 16.9. The van der Waals surface area contributed by atoms with Crippen molar-refractivity contribution in [2.24, 2.45) is 11.8 Å². The average Bonchev–Trinajstić information content (AvgIpc) is 2.69. The summed E-state index contributed by atoms with van der Waals surface area (Å²) in [5, 5.41) is 9.19. The molecule has 0 amide bonds. The molecular weight excluding hydrogens is 344 g/mol. The summed E-state index contributed by atoms with van der Waals surface area (Å²) in [7, 11) is 0. The fraction of sp³-hybridized carbons (Fsp3) is 0.682. The van der Waals surface area contributed by atoms with Gasteiger partial charge in [0.25, 0.3) is 0 Å². The molecule has 3 aliphatic rings. The van der Waals surface area contributed by atoms with Gasteiger partial charge in [0.15, 0.2) is 0 Å². The molecule has 0 radical (unpaired) electrons. The molecule has 2 aliphatic carbocycles. The molecule has 5 nitrogen and oxygen atoms in total. The minimum atomic E-state index is -1.36. The van der Waals surface area contributed by atoms with Gasteiger partial charge < -0.3 is 14.6 Å². The number of hydrogen-bond donors (Lipinski definition) is 1. The van der Waals surface area contributed by atoms with Crippen LogP contribution in [0.4, 0.5) is 4.79 Å². The predicted octanol–water partition coefficient (Wildman–Crippen LogP) is 5.74. The molecule has 1 heterocycles. The zero-order valence-electron chi connectivity index (χ0n) is 16.1. The summed E-state index contributed by atoms with van der Waals surface area (Å²) in [4.78, 5) is 11.2. The third-order valence-corrected chi connectivity index (χ3v) is 6.76. The van der Waals surface area contributed by atoms with E-state index in [1.807, 2.05) is 13.0 Å². The van der Waals surface area contributed by atoms with Crippen molar-refractivity contribution < 1.29 is 24.1 Å². The van der Waals surface area contributed by atoms with Gasteiger partial charge in [-0.1, -0.05) is 56.7 Å². The first-order chi connectivity index (χ1) is 13.1. The lowest BCUT2D eigenvalue weighted by Gasteiger charge is -2.52. The van der Waals surface area contributed by atoms with E-state index < -0.39 is 18.2 Å². The molecule has 2 saturated carbocycles. The van der Waals surface area contributed by atoms with Gasteiger partial charge >= 0.3 is 12.6 Å². The summed E-state index contributed by atoms with van der Waals surface area (Å²) in [6, 6.07) is 6.21. The van der Waals surface area contributed by atoms with Crippen molar-refractivity contribution in [1.82, 2.24) is 0 Å². The summed E-state index contributed by atoms with van der Waals surface area (Å²) in [6.45, 7) is 0.814. The van der Waals surface area contributed by atoms with Crippen LogP contribution in [0.2, 0.25) is 0 Å².